The molecule has 1 aromatic heterocycles. The van der Waals surface area contributed by atoms with E-state index in [0.29, 0.717) is 13.0 Å². The van der Waals surface area contributed by atoms with Crippen molar-refractivity contribution in [3.8, 4) is 0 Å². The van der Waals surface area contributed by atoms with Gasteiger partial charge in [0.15, 0.2) is 0 Å². The van der Waals surface area contributed by atoms with Crippen molar-refractivity contribution in [2.24, 2.45) is 0 Å². The summed E-state index contributed by atoms with van der Waals surface area (Å²) in [4.78, 5) is 17.0. The lowest BCUT2D eigenvalue weighted by molar-refractivity contribution is -0.121. The number of nitrogens with one attached hydrogen (secondary N) is 1. The molecule has 1 N–H and O–H groups in total. The molecule has 4 heteroatoms. The lowest BCUT2D eigenvalue weighted by Gasteiger charge is -2.11. The highest BCUT2D eigenvalue weighted by Crippen LogP contribution is 2.23. The van der Waals surface area contributed by atoms with E-state index in [9.17, 15) is 4.79 Å². The number of carbonyl (C=O) groups is 1. The molecule has 1 heterocycles. The van der Waals surface area contributed by atoms with Gasteiger partial charge in [0.25, 0.3) is 0 Å². The first kappa shape index (κ1) is 16.3. The van der Waals surface area contributed by atoms with Crippen molar-refractivity contribution >= 4 is 27.7 Å². The van der Waals surface area contributed by atoms with E-state index in [1.807, 2.05) is 35.8 Å². The van der Waals surface area contributed by atoms with E-state index in [-0.39, 0.29) is 12.5 Å². The fourth-order valence-electron chi connectivity index (χ4n) is 3.45. The molecule has 0 bridgehead atoms. The number of benzene rings is 3. The molecular weight excluding hydrogens is 322 g/mol. The van der Waals surface area contributed by atoms with Crippen LogP contribution >= 0.6 is 0 Å². The minimum absolute atomic E-state index is 0.00910. The van der Waals surface area contributed by atoms with Gasteiger partial charge in [-0.15, -0.1) is 0 Å². The van der Waals surface area contributed by atoms with Crippen molar-refractivity contribution in [3.05, 3.63) is 78.1 Å². The van der Waals surface area contributed by atoms with E-state index in [2.05, 4.69) is 47.8 Å². The quantitative estimate of drug-likeness (QED) is 0.597. The van der Waals surface area contributed by atoms with Crippen LogP contribution in [0.25, 0.3) is 21.8 Å². The van der Waals surface area contributed by atoms with Gasteiger partial charge in [-0.1, -0.05) is 54.6 Å². The number of hydrogen-bond donors (Lipinski definition) is 1. The molecular formula is C22H21N3O. The Labute approximate surface area is 152 Å². The molecule has 0 saturated heterocycles. The van der Waals surface area contributed by atoms with Crippen molar-refractivity contribution in [1.29, 1.82) is 0 Å². The maximum atomic E-state index is 12.2. The lowest BCUT2D eigenvalue weighted by atomic mass is 10.0. The highest BCUT2D eigenvalue weighted by Gasteiger charge is 2.14. The van der Waals surface area contributed by atoms with E-state index < -0.39 is 0 Å². The third-order valence-corrected chi connectivity index (χ3v) is 4.64. The van der Waals surface area contributed by atoms with Gasteiger partial charge >= 0.3 is 0 Å². The Morgan fingerprint density at radius 1 is 1.00 bits per heavy atom. The predicted octanol–water partition coefficient (Wildman–Crippen LogP) is 3.92. The van der Waals surface area contributed by atoms with Crippen molar-refractivity contribution in [2.75, 3.05) is 6.54 Å². The van der Waals surface area contributed by atoms with E-state index in [1.165, 1.54) is 16.3 Å². The summed E-state index contributed by atoms with van der Waals surface area (Å²) in [7, 11) is 0. The molecule has 0 radical (unpaired) electrons. The van der Waals surface area contributed by atoms with E-state index in [4.69, 9.17) is 4.98 Å². The molecule has 26 heavy (non-hydrogen) atoms. The monoisotopic (exact) mass is 343 g/mol. The first-order chi connectivity index (χ1) is 12.8. The van der Waals surface area contributed by atoms with Crippen molar-refractivity contribution in [1.82, 2.24) is 14.9 Å². The zero-order chi connectivity index (χ0) is 17.9. The van der Waals surface area contributed by atoms with Crippen molar-refractivity contribution < 1.29 is 4.79 Å². The first-order valence-corrected chi connectivity index (χ1v) is 8.93. The second-order valence-corrected chi connectivity index (χ2v) is 6.37. The molecule has 4 aromatic rings. The summed E-state index contributed by atoms with van der Waals surface area (Å²) in [5.41, 5.74) is 3.14. The fraction of sp³-hybridized carbons (Fsp3) is 0.182. The van der Waals surface area contributed by atoms with Crippen molar-refractivity contribution in [3.63, 3.8) is 0 Å². The summed E-state index contributed by atoms with van der Waals surface area (Å²) in [6.07, 6.45) is 0.690. The predicted molar refractivity (Wildman–Crippen MR) is 105 cm³/mol. The smallest absolute Gasteiger partial charge is 0.239 e. The second-order valence-electron chi connectivity index (χ2n) is 6.37. The average Bonchev–Trinajstić information content (AvgIpc) is 2.99. The van der Waals surface area contributed by atoms with Gasteiger partial charge in [0.05, 0.1) is 11.0 Å². The second kappa shape index (κ2) is 7.00. The summed E-state index contributed by atoms with van der Waals surface area (Å²) in [6, 6.07) is 22.7. The van der Waals surface area contributed by atoms with Gasteiger partial charge < -0.3 is 9.88 Å². The summed E-state index contributed by atoms with van der Waals surface area (Å²) >= 11 is 0. The summed E-state index contributed by atoms with van der Waals surface area (Å²) in [6.45, 7) is 2.85. The van der Waals surface area contributed by atoms with Gasteiger partial charge in [0, 0.05) is 13.0 Å². The van der Waals surface area contributed by atoms with E-state index in [0.717, 1.165) is 16.9 Å². The Bertz CT molecular complexity index is 1080. The molecule has 0 unspecified atom stereocenters. The number of para-hydroxylation sites is 2. The SMILES string of the molecule is CCNC(=O)Cn1c(Cc2cccc3ccccc23)nc2ccccc21. The van der Waals surface area contributed by atoms with Crippen LogP contribution in [0.5, 0.6) is 0 Å². The fourth-order valence-corrected chi connectivity index (χ4v) is 3.45. The molecule has 0 fully saturated rings. The molecule has 0 atom stereocenters. The van der Waals surface area contributed by atoms with E-state index >= 15 is 0 Å². The number of amides is 1. The van der Waals surface area contributed by atoms with Crippen LogP contribution in [0.3, 0.4) is 0 Å². The highest BCUT2D eigenvalue weighted by atomic mass is 16.1. The van der Waals surface area contributed by atoms with E-state index in [1.54, 1.807) is 0 Å². The van der Waals surface area contributed by atoms with Crippen molar-refractivity contribution in [2.45, 2.75) is 19.9 Å². The van der Waals surface area contributed by atoms with Crippen LogP contribution in [0.15, 0.2) is 66.7 Å². The van der Waals surface area contributed by atoms with Crippen LogP contribution in [-0.4, -0.2) is 22.0 Å². The summed E-state index contributed by atoms with van der Waals surface area (Å²) < 4.78 is 2.03. The standard InChI is InChI=1S/C22H21N3O/c1-2-23-22(26)15-25-20-13-6-5-12-19(20)24-21(25)14-17-10-7-9-16-8-3-4-11-18(16)17/h3-13H,2,14-15H2,1H3,(H,23,26). The molecule has 0 aliphatic carbocycles. The molecule has 0 spiro atoms. The Hall–Kier alpha value is -3.14. The maximum absolute atomic E-state index is 12.2. The minimum Gasteiger partial charge on any atom is -0.355 e. The maximum Gasteiger partial charge on any atom is 0.239 e. The van der Waals surface area contributed by atoms with Gasteiger partial charge in [-0.25, -0.2) is 4.98 Å². The number of fused-ring (bicyclic) bond motifs is 2. The summed E-state index contributed by atoms with van der Waals surface area (Å²) in [5, 5.41) is 5.33. The molecule has 4 nitrogen and oxygen atoms in total. The topological polar surface area (TPSA) is 46.9 Å². The largest absolute Gasteiger partial charge is 0.355 e. The Morgan fingerprint density at radius 2 is 1.77 bits per heavy atom. The molecule has 0 saturated carbocycles. The molecule has 0 aliphatic rings. The summed E-state index contributed by atoms with van der Waals surface area (Å²) in [5.74, 6) is 0.920. The molecule has 1 amide bonds. The van der Waals surface area contributed by atoms with Crippen LogP contribution in [0.4, 0.5) is 0 Å². The van der Waals surface area contributed by atoms with Gasteiger partial charge in [-0.2, -0.15) is 0 Å². The Kier molecular flexibility index (Phi) is 4.40. The number of imidazole rings is 1. The molecule has 0 aliphatic heterocycles. The third kappa shape index (κ3) is 3.06. The first-order valence-electron chi connectivity index (χ1n) is 8.93. The Morgan fingerprint density at radius 3 is 2.65 bits per heavy atom. The molecule has 4 rings (SSSR count). The van der Waals surface area contributed by atoms with Crippen LogP contribution < -0.4 is 5.32 Å². The van der Waals surface area contributed by atoms with Crippen LogP contribution in [0, 0.1) is 0 Å². The van der Waals surface area contributed by atoms with Gasteiger partial charge in [0.1, 0.15) is 12.4 Å². The zero-order valence-electron chi connectivity index (χ0n) is 14.8. The average molecular weight is 343 g/mol. The number of carbonyl (C=O) groups excluding carboxylic acids is 1. The minimum atomic E-state index is 0.00910. The normalized spacial score (nSPS) is 11.1. The van der Waals surface area contributed by atoms with Gasteiger partial charge in [-0.3, -0.25) is 4.79 Å². The molecule has 130 valence electrons. The number of rotatable bonds is 5. The zero-order valence-corrected chi connectivity index (χ0v) is 14.8. The number of likely N-dealkylation sites (N-methyl/N-ethyl adjacent to an activating group) is 1. The van der Waals surface area contributed by atoms with Crippen LogP contribution in [-0.2, 0) is 17.8 Å². The number of nitrogens with zero attached hydrogens (tertiary/aromatic N) is 2. The number of hydrogen-bond acceptors (Lipinski definition) is 2. The van der Waals surface area contributed by atoms with Crippen LogP contribution in [0.2, 0.25) is 0 Å². The lowest BCUT2D eigenvalue weighted by Crippen LogP contribution is -2.27. The third-order valence-electron chi connectivity index (χ3n) is 4.64. The van der Waals surface area contributed by atoms with Gasteiger partial charge in [0.2, 0.25) is 5.91 Å². The molecule has 3 aromatic carbocycles. The van der Waals surface area contributed by atoms with Gasteiger partial charge in [-0.05, 0) is 35.4 Å². The van der Waals surface area contributed by atoms with Crippen LogP contribution in [0.1, 0.15) is 18.3 Å². The Balaban J connectivity index is 1.79. The highest BCUT2D eigenvalue weighted by molar-refractivity contribution is 5.86. The number of aromatic nitrogens is 2.